The molecule has 0 aliphatic carbocycles. The SMILES string of the molecule is COc1ccc(Cl)cc1NC(=O)NCCn1c(-c2ccccc2)nc2cccnc21. The lowest BCUT2D eigenvalue weighted by atomic mass is 10.2. The minimum absolute atomic E-state index is 0.353. The van der Waals surface area contributed by atoms with Crippen molar-refractivity contribution >= 4 is 34.5 Å². The Bertz CT molecular complexity index is 1180. The molecule has 2 aromatic heterocycles. The Morgan fingerprint density at radius 3 is 2.77 bits per heavy atom. The quantitative estimate of drug-likeness (QED) is 0.477. The minimum Gasteiger partial charge on any atom is -0.495 e. The first-order valence-electron chi connectivity index (χ1n) is 9.41. The van der Waals surface area contributed by atoms with Gasteiger partial charge in [-0.05, 0) is 30.3 Å². The fraction of sp³-hybridized carbons (Fsp3) is 0.136. The maximum atomic E-state index is 12.4. The van der Waals surface area contributed by atoms with Crippen molar-refractivity contribution in [3.8, 4) is 17.1 Å². The van der Waals surface area contributed by atoms with Crippen LogP contribution in [0.5, 0.6) is 5.75 Å². The van der Waals surface area contributed by atoms with Gasteiger partial charge < -0.3 is 19.9 Å². The van der Waals surface area contributed by atoms with Crippen LogP contribution >= 0.6 is 11.6 Å². The number of fused-ring (bicyclic) bond motifs is 1. The Morgan fingerprint density at radius 2 is 1.97 bits per heavy atom. The van der Waals surface area contributed by atoms with E-state index < -0.39 is 0 Å². The number of hydrogen-bond donors (Lipinski definition) is 2. The minimum atomic E-state index is -0.353. The maximum Gasteiger partial charge on any atom is 0.319 e. The van der Waals surface area contributed by atoms with Crippen molar-refractivity contribution in [1.29, 1.82) is 0 Å². The molecule has 0 aliphatic rings. The molecule has 7 nitrogen and oxygen atoms in total. The zero-order chi connectivity index (χ0) is 20.9. The summed E-state index contributed by atoms with van der Waals surface area (Å²) in [6, 6.07) is 18.4. The number of urea groups is 1. The first-order chi connectivity index (χ1) is 14.7. The zero-order valence-corrected chi connectivity index (χ0v) is 17.1. The summed E-state index contributed by atoms with van der Waals surface area (Å²) in [7, 11) is 1.54. The smallest absolute Gasteiger partial charge is 0.319 e. The van der Waals surface area contributed by atoms with Crippen LogP contribution in [0.4, 0.5) is 10.5 Å². The number of hydrogen-bond acceptors (Lipinski definition) is 4. The van der Waals surface area contributed by atoms with Crippen LogP contribution in [0.15, 0.2) is 66.9 Å². The summed E-state index contributed by atoms with van der Waals surface area (Å²) in [5, 5.41) is 6.13. The number of methoxy groups -OCH3 is 1. The van der Waals surface area contributed by atoms with E-state index >= 15 is 0 Å². The molecule has 2 heterocycles. The summed E-state index contributed by atoms with van der Waals surface area (Å²) < 4.78 is 7.26. The molecule has 30 heavy (non-hydrogen) atoms. The van der Waals surface area contributed by atoms with Crippen LogP contribution in [0.3, 0.4) is 0 Å². The van der Waals surface area contributed by atoms with Gasteiger partial charge in [0.15, 0.2) is 5.65 Å². The van der Waals surface area contributed by atoms with E-state index in [1.165, 1.54) is 7.11 Å². The highest BCUT2D eigenvalue weighted by atomic mass is 35.5. The number of rotatable bonds is 6. The molecule has 8 heteroatoms. The molecule has 4 rings (SSSR count). The van der Waals surface area contributed by atoms with E-state index in [1.807, 2.05) is 47.0 Å². The summed E-state index contributed by atoms with van der Waals surface area (Å²) in [6.07, 6.45) is 1.74. The van der Waals surface area contributed by atoms with Gasteiger partial charge in [-0.2, -0.15) is 0 Å². The van der Waals surface area contributed by atoms with E-state index in [4.69, 9.17) is 21.3 Å². The van der Waals surface area contributed by atoms with Crippen LogP contribution in [-0.2, 0) is 6.54 Å². The predicted molar refractivity (Wildman–Crippen MR) is 118 cm³/mol. The number of amides is 2. The van der Waals surface area contributed by atoms with Crippen LogP contribution in [0.1, 0.15) is 0 Å². The van der Waals surface area contributed by atoms with E-state index in [0.29, 0.717) is 29.5 Å². The number of halogens is 1. The van der Waals surface area contributed by atoms with E-state index in [-0.39, 0.29) is 6.03 Å². The molecule has 0 unspecified atom stereocenters. The predicted octanol–water partition coefficient (Wildman–Crippen LogP) is 4.58. The number of benzene rings is 2. The van der Waals surface area contributed by atoms with Gasteiger partial charge in [0.1, 0.15) is 17.1 Å². The number of ether oxygens (including phenoxy) is 1. The van der Waals surface area contributed by atoms with Crippen molar-refractivity contribution in [2.75, 3.05) is 19.0 Å². The molecule has 0 radical (unpaired) electrons. The molecule has 2 N–H and O–H groups in total. The van der Waals surface area contributed by atoms with Gasteiger partial charge in [-0.15, -0.1) is 0 Å². The third-order valence-electron chi connectivity index (χ3n) is 4.57. The van der Waals surface area contributed by atoms with Crippen LogP contribution in [-0.4, -0.2) is 34.2 Å². The van der Waals surface area contributed by atoms with Crippen LogP contribution in [0.2, 0.25) is 5.02 Å². The van der Waals surface area contributed by atoms with Crippen molar-refractivity contribution in [1.82, 2.24) is 19.9 Å². The largest absolute Gasteiger partial charge is 0.495 e. The van der Waals surface area contributed by atoms with Gasteiger partial charge >= 0.3 is 6.03 Å². The molecule has 0 aliphatic heterocycles. The van der Waals surface area contributed by atoms with Gasteiger partial charge in [-0.3, -0.25) is 0 Å². The van der Waals surface area contributed by atoms with Crippen molar-refractivity contribution < 1.29 is 9.53 Å². The molecular weight excluding hydrogens is 402 g/mol. The van der Waals surface area contributed by atoms with Crippen molar-refractivity contribution in [3.63, 3.8) is 0 Å². The molecule has 0 saturated heterocycles. The van der Waals surface area contributed by atoms with Gasteiger partial charge in [-0.1, -0.05) is 41.9 Å². The highest BCUT2D eigenvalue weighted by molar-refractivity contribution is 6.31. The lowest BCUT2D eigenvalue weighted by molar-refractivity contribution is 0.251. The van der Waals surface area contributed by atoms with Gasteiger partial charge in [0.25, 0.3) is 0 Å². The van der Waals surface area contributed by atoms with Crippen LogP contribution in [0, 0.1) is 0 Å². The van der Waals surface area contributed by atoms with Crippen molar-refractivity contribution in [2.45, 2.75) is 6.54 Å². The van der Waals surface area contributed by atoms with Gasteiger partial charge in [0.2, 0.25) is 0 Å². The Balaban J connectivity index is 1.49. The first-order valence-corrected chi connectivity index (χ1v) is 9.78. The Morgan fingerprint density at radius 1 is 1.13 bits per heavy atom. The third-order valence-corrected chi connectivity index (χ3v) is 4.80. The highest BCUT2D eigenvalue weighted by Gasteiger charge is 2.14. The number of nitrogens with zero attached hydrogens (tertiary/aromatic N) is 3. The normalized spacial score (nSPS) is 10.7. The molecule has 0 fully saturated rings. The summed E-state index contributed by atoms with van der Waals surface area (Å²) in [6.45, 7) is 0.897. The molecule has 0 spiro atoms. The maximum absolute atomic E-state index is 12.4. The Labute approximate surface area is 178 Å². The number of carbonyl (C=O) groups is 1. The zero-order valence-electron chi connectivity index (χ0n) is 16.3. The molecular formula is C22H20ClN5O2. The lowest BCUT2D eigenvalue weighted by Crippen LogP contribution is -2.31. The van der Waals surface area contributed by atoms with Gasteiger partial charge in [0, 0.05) is 29.9 Å². The summed E-state index contributed by atoms with van der Waals surface area (Å²) in [5.74, 6) is 1.34. The summed E-state index contributed by atoms with van der Waals surface area (Å²) >= 11 is 6.02. The van der Waals surface area contributed by atoms with Crippen LogP contribution < -0.4 is 15.4 Å². The number of nitrogens with one attached hydrogen (secondary N) is 2. The second-order valence-electron chi connectivity index (χ2n) is 6.52. The van der Waals surface area contributed by atoms with Crippen molar-refractivity contribution in [2.24, 2.45) is 0 Å². The van der Waals surface area contributed by atoms with E-state index in [9.17, 15) is 4.79 Å². The number of pyridine rings is 1. The van der Waals surface area contributed by atoms with Crippen LogP contribution in [0.25, 0.3) is 22.6 Å². The number of carbonyl (C=O) groups excluding carboxylic acids is 1. The Hall–Kier alpha value is -3.58. The second-order valence-corrected chi connectivity index (χ2v) is 6.96. The monoisotopic (exact) mass is 421 g/mol. The lowest BCUT2D eigenvalue weighted by Gasteiger charge is -2.13. The highest BCUT2D eigenvalue weighted by Crippen LogP contribution is 2.27. The van der Waals surface area contributed by atoms with Gasteiger partial charge in [-0.25, -0.2) is 14.8 Å². The Kier molecular flexibility index (Phi) is 5.81. The standard InChI is InChI=1S/C22H20ClN5O2/c1-30-19-10-9-16(23)14-18(19)27-22(29)25-12-13-28-20(15-6-3-2-4-7-15)26-17-8-5-11-24-21(17)28/h2-11,14H,12-13H2,1H3,(H2,25,27,29). The van der Waals surface area contributed by atoms with Gasteiger partial charge in [0.05, 0.1) is 12.8 Å². The fourth-order valence-electron chi connectivity index (χ4n) is 3.20. The molecule has 0 saturated carbocycles. The van der Waals surface area contributed by atoms with Crippen molar-refractivity contribution in [3.05, 3.63) is 71.9 Å². The summed E-state index contributed by atoms with van der Waals surface area (Å²) in [5.41, 5.74) is 3.07. The second kappa shape index (κ2) is 8.84. The molecule has 152 valence electrons. The third kappa shape index (κ3) is 4.21. The van der Waals surface area contributed by atoms with E-state index in [1.54, 1.807) is 24.4 Å². The number of imidazole rings is 1. The van der Waals surface area contributed by atoms with E-state index in [0.717, 1.165) is 22.6 Å². The molecule has 2 amide bonds. The molecule has 4 aromatic rings. The number of aromatic nitrogens is 3. The fourth-order valence-corrected chi connectivity index (χ4v) is 3.38. The molecule has 2 aromatic carbocycles. The average Bonchev–Trinajstić information content (AvgIpc) is 3.13. The average molecular weight is 422 g/mol. The first kappa shape index (κ1) is 19.7. The topological polar surface area (TPSA) is 81.1 Å². The summed E-state index contributed by atoms with van der Waals surface area (Å²) in [4.78, 5) is 21.6. The molecule has 0 bridgehead atoms. The van der Waals surface area contributed by atoms with E-state index in [2.05, 4.69) is 15.6 Å². The molecule has 0 atom stereocenters. The number of anilines is 1.